The molecular formula is C24H24N4O2S2. The predicted molar refractivity (Wildman–Crippen MR) is 132 cm³/mol. The van der Waals surface area contributed by atoms with Gasteiger partial charge >= 0.3 is 0 Å². The molecule has 0 aliphatic carbocycles. The lowest BCUT2D eigenvalue weighted by Crippen LogP contribution is -2.36. The Morgan fingerprint density at radius 1 is 1.16 bits per heavy atom. The zero-order valence-corrected chi connectivity index (χ0v) is 19.8. The van der Waals surface area contributed by atoms with Crippen LogP contribution >= 0.6 is 24.0 Å². The van der Waals surface area contributed by atoms with E-state index in [4.69, 9.17) is 12.2 Å². The molecule has 6 nitrogen and oxygen atoms in total. The Morgan fingerprint density at radius 2 is 1.84 bits per heavy atom. The van der Waals surface area contributed by atoms with Crippen molar-refractivity contribution in [2.75, 3.05) is 18.0 Å². The highest BCUT2D eigenvalue weighted by molar-refractivity contribution is 8.26. The fourth-order valence-corrected chi connectivity index (χ4v) is 5.47. The minimum atomic E-state index is -0.306. The number of carbonyl (C=O) groups is 1. The molecule has 8 heteroatoms. The second kappa shape index (κ2) is 9.31. The van der Waals surface area contributed by atoms with Crippen LogP contribution in [0.2, 0.25) is 0 Å². The van der Waals surface area contributed by atoms with Crippen LogP contribution in [0.5, 0.6) is 0 Å². The van der Waals surface area contributed by atoms with E-state index in [1.165, 1.54) is 11.8 Å². The smallest absolute Gasteiger partial charge is 0.270 e. The molecule has 2 aliphatic rings. The lowest BCUT2D eigenvalue weighted by Gasteiger charge is -2.32. The topological polar surface area (TPSA) is 69.3 Å². The summed E-state index contributed by atoms with van der Waals surface area (Å²) < 4.78 is 2.06. The monoisotopic (exact) mass is 464 g/mol. The number of rotatable bonds is 4. The third kappa shape index (κ3) is 4.10. The molecule has 0 bridgehead atoms. The number of carbonyl (C=O) groups excluding carboxylic acids is 1. The first-order chi connectivity index (χ1) is 15.4. The normalized spacial score (nSPS) is 17.8. The Balaban J connectivity index is 1.78. The summed E-state index contributed by atoms with van der Waals surface area (Å²) in [5, 5.41) is 9.61. The molecule has 0 atom stereocenters. The van der Waals surface area contributed by atoms with Crippen molar-refractivity contribution >= 4 is 46.1 Å². The average molecular weight is 465 g/mol. The Morgan fingerprint density at radius 3 is 2.50 bits per heavy atom. The van der Waals surface area contributed by atoms with Crippen LogP contribution in [-0.4, -0.2) is 32.8 Å². The number of aromatic nitrogens is 1. The number of anilines is 1. The number of amides is 1. The highest BCUT2D eigenvalue weighted by Gasteiger charge is 2.33. The van der Waals surface area contributed by atoms with Crippen molar-refractivity contribution in [2.24, 2.45) is 7.05 Å². The quantitative estimate of drug-likeness (QED) is 0.504. The van der Waals surface area contributed by atoms with E-state index in [1.807, 2.05) is 36.4 Å². The summed E-state index contributed by atoms with van der Waals surface area (Å²) in [6.45, 7) is 3.88. The molecule has 0 spiro atoms. The average Bonchev–Trinajstić information content (AvgIpc) is 3.06. The van der Waals surface area contributed by atoms with Crippen LogP contribution in [0.15, 0.2) is 40.0 Å². The number of thioether (sulfide) groups is 1. The van der Waals surface area contributed by atoms with E-state index in [1.54, 1.807) is 23.4 Å². The van der Waals surface area contributed by atoms with Crippen LogP contribution in [0.4, 0.5) is 5.82 Å². The maximum absolute atomic E-state index is 13.2. The summed E-state index contributed by atoms with van der Waals surface area (Å²) in [4.78, 5) is 30.4. The molecule has 2 saturated heterocycles. The molecule has 1 aromatic heterocycles. The minimum absolute atomic E-state index is 0.110. The second-order valence-corrected chi connectivity index (χ2v) is 9.69. The van der Waals surface area contributed by atoms with Gasteiger partial charge in [-0.1, -0.05) is 54.3 Å². The summed E-state index contributed by atoms with van der Waals surface area (Å²) in [5.74, 6) is 0.611. The van der Waals surface area contributed by atoms with Gasteiger partial charge in [-0.25, -0.2) is 0 Å². The van der Waals surface area contributed by atoms with Crippen molar-refractivity contribution in [3.8, 4) is 6.07 Å². The second-order valence-electron chi connectivity index (χ2n) is 8.01. The van der Waals surface area contributed by atoms with Gasteiger partial charge in [0.05, 0.1) is 11.4 Å². The Bertz CT molecular complexity index is 1210. The first kappa shape index (κ1) is 22.3. The lowest BCUT2D eigenvalue weighted by molar-refractivity contribution is -0.122. The zero-order valence-electron chi connectivity index (χ0n) is 18.1. The van der Waals surface area contributed by atoms with E-state index in [0.29, 0.717) is 21.3 Å². The summed E-state index contributed by atoms with van der Waals surface area (Å²) in [5.41, 5.74) is 2.15. The number of pyridine rings is 1. The predicted octanol–water partition coefficient (Wildman–Crippen LogP) is 3.96. The summed E-state index contributed by atoms with van der Waals surface area (Å²) in [6, 6.07) is 11.8. The van der Waals surface area contributed by atoms with E-state index in [2.05, 4.69) is 11.0 Å². The molecule has 4 rings (SSSR count). The van der Waals surface area contributed by atoms with Crippen LogP contribution < -0.4 is 10.5 Å². The van der Waals surface area contributed by atoms with Crippen molar-refractivity contribution in [1.29, 1.82) is 5.26 Å². The van der Waals surface area contributed by atoms with Gasteiger partial charge < -0.3 is 4.90 Å². The van der Waals surface area contributed by atoms with Crippen molar-refractivity contribution in [3.05, 3.63) is 67.8 Å². The molecule has 0 N–H and O–H groups in total. The number of hydrogen-bond donors (Lipinski definition) is 0. The van der Waals surface area contributed by atoms with E-state index in [9.17, 15) is 14.9 Å². The number of thiocarbonyl (C=S) groups is 1. The van der Waals surface area contributed by atoms with Gasteiger partial charge in [-0.05, 0) is 43.4 Å². The number of piperidine rings is 1. The van der Waals surface area contributed by atoms with Gasteiger partial charge in [0.25, 0.3) is 11.5 Å². The molecule has 2 fully saturated rings. The van der Waals surface area contributed by atoms with E-state index in [-0.39, 0.29) is 17.0 Å². The van der Waals surface area contributed by atoms with Crippen molar-refractivity contribution < 1.29 is 4.79 Å². The number of benzene rings is 1. The van der Waals surface area contributed by atoms with Crippen molar-refractivity contribution in [3.63, 3.8) is 0 Å². The van der Waals surface area contributed by atoms with Crippen molar-refractivity contribution in [2.45, 2.75) is 32.7 Å². The highest BCUT2D eigenvalue weighted by atomic mass is 32.2. The largest absolute Gasteiger partial charge is 0.357 e. The first-order valence-electron chi connectivity index (χ1n) is 10.6. The molecule has 32 heavy (non-hydrogen) atoms. The third-order valence-electron chi connectivity index (χ3n) is 5.96. The van der Waals surface area contributed by atoms with Gasteiger partial charge in [0.1, 0.15) is 21.8 Å². The number of nitriles is 1. The number of hydrogen-bond acceptors (Lipinski definition) is 6. The van der Waals surface area contributed by atoms with Crippen LogP contribution in [-0.2, 0) is 18.4 Å². The standard InChI is InChI=1S/C24H24N4O2S2/c1-16-18(21(27-11-7-4-8-12-27)26(2)22(29)19(16)14-25)13-20-23(30)28(24(31)32-20)15-17-9-5-3-6-10-17/h3,5-6,9-10,13H,4,7-8,11-12,15H2,1-2H3/b20-13+. The molecule has 3 heterocycles. The van der Waals surface area contributed by atoms with Crippen LogP contribution in [0.3, 0.4) is 0 Å². The van der Waals surface area contributed by atoms with E-state index >= 15 is 0 Å². The molecule has 1 amide bonds. The van der Waals surface area contributed by atoms with Crippen LogP contribution in [0.25, 0.3) is 6.08 Å². The van der Waals surface area contributed by atoms with Gasteiger partial charge in [0.2, 0.25) is 0 Å². The number of nitrogens with zero attached hydrogens (tertiary/aromatic N) is 4. The molecule has 0 saturated carbocycles. The molecule has 2 aromatic rings. The molecule has 1 aromatic carbocycles. The lowest BCUT2D eigenvalue weighted by atomic mass is 10.0. The first-order valence-corrected chi connectivity index (χ1v) is 11.8. The molecule has 0 radical (unpaired) electrons. The Kier molecular flexibility index (Phi) is 6.49. The fourth-order valence-electron chi connectivity index (χ4n) is 4.23. The van der Waals surface area contributed by atoms with Gasteiger partial charge in [-0.3, -0.25) is 19.1 Å². The highest BCUT2D eigenvalue weighted by Crippen LogP contribution is 2.36. The van der Waals surface area contributed by atoms with Gasteiger partial charge in [-0.2, -0.15) is 5.26 Å². The summed E-state index contributed by atoms with van der Waals surface area (Å²) in [6.07, 6.45) is 5.06. The fraction of sp³-hybridized carbons (Fsp3) is 0.333. The molecule has 0 unspecified atom stereocenters. The van der Waals surface area contributed by atoms with Crippen molar-refractivity contribution in [1.82, 2.24) is 9.47 Å². The maximum Gasteiger partial charge on any atom is 0.270 e. The zero-order chi connectivity index (χ0) is 22.8. The third-order valence-corrected chi connectivity index (χ3v) is 7.33. The minimum Gasteiger partial charge on any atom is -0.357 e. The summed E-state index contributed by atoms with van der Waals surface area (Å²) in [7, 11) is 1.70. The van der Waals surface area contributed by atoms with Gasteiger partial charge in [-0.15, -0.1) is 0 Å². The maximum atomic E-state index is 13.2. The van der Waals surface area contributed by atoms with Gasteiger partial charge in [0, 0.05) is 25.7 Å². The molecule has 2 aliphatic heterocycles. The van der Waals surface area contributed by atoms with Gasteiger partial charge in [0.15, 0.2) is 0 Å². The Labute approximate surface area is 197 Å². The Hall–Kier alpha value is -2.89. The van der Waals surface area contributed by atoms with Crippen LogP contribution in [0, 0.1) is 18.3 Å². The molecule has 164 valence electrons. The van der Waals surface area contributed by atoms with Crippen LogP contribution in [0.1, 0.15) is 41.5 Å². The van der Waals surface area contributed by atoms with E-state index < -0.39 is 0 Å². The summed E-state index contributed by atoms with van der Waals surface area (Å²) >= 11 is 6.77. The SMILES string of the molecule is Cc1c(/C=C2/SC(=S)N(Cc3ccccc3)C2=O)c(N2CCCCC2)n(C)c(=O)c1C#N. The molecular weight excluding hydrogens is 440 g/mol. The van der Waals surface area contributed by atoms with E-state index in [0.717, 1.165) is 49.3 Å².